The molecule has 1 amide bonds. The molecule has 0 unspecified atom stereocenters. The third kappa shape index (κ3) is 3.53. The minimum absolute atomic E-state index is 0.105. The predicted molar refractivity (Wildman–Crippen MR) is 80.6 cm³/mol. The summed E-state index contributed by atoms with van der Waals surface area (Å²) in [6.07, 6.45) is 7.72. The van der Waals surface area contributed by atoms with Crippen molar-refractivity contribution in [2.75, 3.05) is 40.4 Å². The fourth-order valence-corrected chi connectivity index (χ4v) is 3.88. The summed E-state index contributed by atoms with van der Waals surface area (Å²) in [7, 11) is 3.74. The highest BCUT2D eigenvalue weighted by Gasteiger charge is 2.43. The maximum absolute atomic E-state index is 12.9. The molecule has 20 heavy (non-hydrogen) atoms. The zero-order valence-electron chi connectivity index (χ0n) is 13.1. The zero-order valence-corrected chi connectivity index (χ0v) is 13.1. The number of nitrogens with one attached hydrogen (secondary N) is 1. The van der Waals surface area contributed by atoms with Gasteiger partial charge < -0.3 is 15.0 Å². The number of likely N-dealkylation sites (tertiary alicyclic amines) is 1. The Kier molecular flexibility index (Phi) is 5.85. The van der Waals surface area contributed by atoms with Crippen LogP contribution < -0.4 is 5.32 Å². The van der Waals surface area contributed by atoms with Crippen LogP contribution in [0.4, 0.5) is 0 Å². The molecule has 1 saturated heterocycles. The van der Waals surface area contributed by atoms with Crippen LogP contribution in [0.1, 0.15) is 44.9 Å². The Morgan fingerprint density at radius 1 is 1.30 bits per heavy atom. The summed E-state index contributed by atoms with van der Waals surface area (Å²) >= 11 is 0. The summed E-state index contributed by atoms with van der Waals surface area (Å²) in [6.45, 7) is 3.68. The fraction of sp³-hybridized carbons (Fsp3) is 0.938. The number of rotatable bonds is 6. The Morgan fingerprint density at radius 3 is 2.50 bits per heavy atom. The van der Waals surface area contributed by atoms with Crippen molar-refractivity contribution in [3.63, 3.8) is 0 Å². The maximum atomic E-state index is 12.9. The van der Waals surface area contributed by atoms with Gasteiger partial charge in [0.15, 0.2) is 0 Å². The van der Waals surface area contributed by atoms with Crippen LogP contribution in [0, 0.1) is 11.3 Å². The number of hydrogen-bond acceptors (Lipinski definition) is 3. The van der Waals surface area contributed by atoms with Crippen LogP contribution in [0.25, 0.3) is 0 Å². The van der Waals surface area contributed by atoms with Crippen molar-refractivity contribution in [1.82, 2.24) is 10.2 Å². The Hall–Kier alpha value is -0.610. The van der Waals surface area contributed by atoms with E-state index in [9.17, 15) is 4.79 Å². The zero-order chi connectivity index (χ0) is 14.4. The number of nitrogens with zero attached hydrogens (tertiary/aromatic N) is 1. The molecular weight excluding hydrogens is 252 g/mol. The molecule has 0 aromatic carbocycles. The molecule has 0 atom stereocenters. The first kappa shape index (κ1) is 15.8. The fourth-order valence-electron chi connectivity index (χ4n) is 3.88. The van der Waals surface area contributed by atoms with Crippen molar-refractivity contribution >= 4 is 5.91 Å². The van der Waals surface area contributed by atoms with Crippen molar-refractivity contribution in [3.05, 3.63) is 0 Å². The van der Waals surface area contributed by atoms with Gasteiger partial charge in [-0.25, -0.2) is 0 Å². The molecule has 1 saturated carbocycles. The largest absolute Gasteiger partial charge is 0.385 e. The van der Waals surface area contributed by atoms with Crippen LogP contribution in [0.5, 0.6) is 0 Å². The molecule has 0 aromatic heterocycles. The molecular formula is C16H30N2O2. The van der Waals surface area contributed by atoms with Crippen LogP contribution >= 0.6 is 0 Å². The van der Waals surface area contributed by atoms with Gasteiger partial charge in [0.05, 0.1) is 5.41 Å². The van der Waals surface area contributed by atoms with Crippen LogP contribution in [-0.4, -0.2) is 51.2 Å². The van der Waals surface area contributed by atoms with E-state index < -0.39 is 0 Å². The molecule has 1 aliphatic heterocycles. The molecule has 0 radical (unpaired) electrons. The molecule has 4 nitrogen and oxygen atoms in total. The first-order valence-electron chi connectivity index (χ1n) is 8.15. The van der Waals surface area contributed by atoms with Gasteiger partial charge in [-0.3, -0.25) is 4.79 Å². The van der Waals surface area contributed by atoms with Crippen LogP contribution in [0.15, 0.2) is 0 Å². The average Bonchev–Trinajstić information content (AvgIpc) is 2.95. The van der Waals surface area contributed by atoms with Gasteiger partial charge in [-0.05, 0) is 51.6 Å². The third-order valence-electron chi connectivity index (χ3n) is 5.19. The first-order valence-corrected chi connectivity index (χ1v) is 8.15. The Morgan fingerprint density at radius 2 is 1.95 bits per heavy atom. The second kappa shape index (κ2) is 7.41. The summed E-state index contributed by atoms with van der Waals surface area (Å²) in [5, 5.41) is 3.25. The summed E-state index contributed by atoms with van der Waals surface area (Å²) in [6, 6.07) is 0. The summed E-state index contributed by atoms with van der Waals surface area (Å²) in [5.41, 5.74) is -0.105. The van der Waals surface area contributed by atoms with E-state index in [-0.39, 0.29) is 5.41 Å². The van der Waals surface area contributed by atoms with E-state index >= 15 is 0 Å². The molecule has 2 aliphatic rings. The first-order chi connectivity index (χ1) is 9.72. The smallest absolute Gasteiger partial charge is 0.228 e. The molecule has 1 aliphatic carbocycles. The van der Waals surface area contributed by atoms with E-state index in [1.54, 1.807) is 7.11 Å². The molecule has 1 N–H and O–H groups in total. The monoisotopic (exact) mass is 282 g/mol. The summed E-state index contributed by atoms with van der Waals surface area (Å²) in [5.74, 6) is 1.15. The van der Waals surface area contributed by atoms with Gasteiger partial charge in [-0.1, -0.05) is 12.8 Å². The van der Waals surface area contributed by atoms with Gasteiger partial charge in [0, 0.05) is 26.8 Å². The van der Waals surface area contributed by atoms with Crippen LogP contribution in [0.2, 0.25) is 0 Å². The van der Waals surface area contributed by atoms with Gasteiger partial charge in [0.1, 0.15) is 0 Å². The van der Waals surface area contributed by atoms with Crippen LogP contribution in [-0.2, 0) is 9.53 Å². The van der Waals surface area contributed by atoms with Crippen molar-refractivity contribution in [2.45, 2.75) is 44.9 Å². The molecule has 4 heteroatoms. The van der Waals surface area contributed by atoms with Crippen LogP contribution in [0.3, 0.4) is 0 Å². The number of hydrogen-bond donors (Lipinski definition) is 1. The Labute approximate surface area is 123 Å². The lowest BCUT2D eigenvalue weighted by atomic mass is 9.80. The number of amides is 1. The van der Waals surface area contributed by atoms with Crippen molar-refractivity contribution in [2.24, 2.45) is 11.3 Å². The van der Waals surface area contributed by atoms with Gasteiger partial charge in [0.2, 0.25) is 5.91 Å². The second-order valence-corrected chi connectivity index (χ2v) is 6.52. The number of carbonyl (C=O) groups excluding carboxylic acids is 1. The molecule has 2 fully saturated rings. The molecule has 1 heterocycles. The molecule has 2 rings (SSSR count). The lowest BCUT2D eigenvalue weighted by Crippen LogP contribution is -2.47. The number of carbonyl (C=O) groups is 1. The minimum Gasteiger partial charge on any atom is -0.385 e. The van der Waals surface area contributed by atoms with Crippen molar-refractivity contribution in [3.8, 4) is 0 Å². The highest BCUT2D eigenvalue weighted by atomic mass is 16.5. The molecule has 0 aromatic rings. The number of ether oxygens (including phenoxy) is 1. The Bertz CT molecular complexity index is 306. The molecule has 0 bridgehead atoms. The molecule has 116 valence electrons. The van der Waals surface area contributed by atoms with E-state index in [4.69, 9.17) is 4.74 Å². The van der Waals surface area contributed by atoms with Crippen molar-refractivity contribution in [1.29, 1.82) is 0 Å². The standard InChI is InChI=1S/C16H30N2O2/c1-17-13-14-5-10-18(11-6-14)15(19)16(9-12-20-2)7-3-4-8-16/h14,17H,3-13H2,1-2H3. The average molecular weight is 282 g/mol. The van der Waals surface area contributed by atoms with Gasteiger partial charge >= 0.3 is 0 Å². The minimum atomic E-state index is -0.105. The predicted octanol–water partition coefficient (Wildman–Crippen LogP) is 2.04. The van der Waals surface area contributed by atoms with E-state index in [1.807, 2.05) is 7.05 Å². The highest BCUT2D eigenvalue weighted by molar-refractivity contribution is 5.83. The molecule has 0 spiro atoms. The van der Waals surface area contributed by atoms with Gasteiger partial charge in [-0.2, -0.15) is 0 Å². The third-order valence-corrected chi connectivity index (χ3v) is 5.19. The lowest BCUT2D eigenvalue weighted by molar-refractivity contribution is -0.144. The number of methoxy groups -OCH3 is 1. The van der Waals surface area contributed by atoms with Gasteiger partial charge in [-0.15, -0.1) is 0 Å². The number of piperidine rings is 1. The van der Waals surface area contributed by atoms with E-state index in [2.05, 4.69) is 10.2 Å². The second-order valence-electron chi connectivity index (χ2n) is 6.52. The van der Waals surface area contributed by atoms with Crippen molar-refractivity contribution < 1.29 is 9.53 Å². The highest BCUT2D eigenvalue weighted by Crippen LogP contribution is 2.43. The summed E-state index contributed by atoms with van der Waals surface area (Å²) < 4.78 is 5.24. The lowest BCUT2D eigenvalue weighted by Gasteiger charge is -2.38. The van der Waals surface area contributed by atoms with E-state index in [0.717, 1.165) is 57.7 Å². The van der Waals surface area contributed by atoms with E-state index in [1.165, 1.54) is 12.8 Å². The topological polar surface area (TPSA) is 41.6 Å². The normalized spacial score (nSPS) is 23.2. The summed E-state index contributed by atoms with van der Waals surface area (Å²) in [4.78, 5) is 15.1. The maximum Gasteiger partial charge on any atom is 0.228 e. The van der Waals surface area contributed by atoms with E-state index in [0.29, 0.717) is 12.5 Å². The Balaban J connectivity index is 1.92. The SMILES string of the molecule is CNCC1CCN(C(=O)C2(CCOC)CCCC2)CC1. The van der Waals surface area contributed by atoms with Gasteiger partial charge in [0.25, 0.3) is 0 Å². The quantitative estimate of drug-likeness (QED) is 0.810.